The topological polar surface area (TPSA) is 56.8 Å². The summed E-state index contributed by atoms with van der Waals surface area (Å²) < 4.78 is 15.4. The molecule has 0 rings (SSSR count). The minimum Gasteiger partial charge on any atom is -0.450 e. The van der Waals surface area contributed by atoms with E-state index in [-0.39, 0.29) is 6.09 Å². The van der Waals surface area contributed by atoms with E-state index < -0.39 is 8.56 Å². The van der Waals surface area contributed by atoms with Crippen LogP contribution < -0.4 is 5.32 Å². The average Bonchev–Trinajstić information content (AvgIpc) is 2.24. The Morgan fingerprint density at radius 3 is 2.40 bits per heavy atom. The van der Waals surface area contributed by atoms with Gasteiger partial charge in [-0.15, -0.1) is 0 Å². The van der Waals surface area contributed by atoms with Gasteiger partial charge in [-0.3, -0.25) is 0 Å². The van der Waals surface area contributed by atoms with Gasteiger partial charge in [-0.25, -0.2) is 4.79 Å². The summed E-state index contributed by atoms with van der Waals surface area (Å²) in [5.41, 5.74) is 0. The molecule has 6 heteroatoms. The second-order valence-electron chi connectivity index (χ2n) is 3.29. The number of nitrogens with one attached hydrogen (secondary N) is 1. The SMILES string of the molecule is CCOC(=O)NCCC[Si](C)(OC)OC. The first kappa shape index (κ1) is 14.4. The minimum absolute atomic E-state index is 0.365. The van der Waals surface area contributed by atoms with Crippen molar-refractivity contribution < 1.29 is 18.4 Å². The monoisotopic (exact) mass is 235 g/mol. The molecule has 0 atom stereocenters. The van der Waals surface area contributed by atoms with Gasteiger partial charge in [0.25, 0.3) is 0 Å². The highest BCUT2D eigenvalue weighted by Gasteiger charge is 2.27. The van der Waals surface area contributed by atoms with Crippen molar-refractivity contribution in [2.75, 3.05) is 27.4 Å². The lowest BCUT2D eigenvalue weighted by atomic mass is 10.5. The molecule has 0 aliphatic rings. The van der Waals surface area contributed by atoms with Gasteiger partial charge >= 0.3 is 14.7 Å². The summed E-state index contributed by atoms with van der Waals surface area (Å²) in [4.78, 5) is 10.9. The van der Waals surface area contributed by atoms with Gasteiger partial charge in [0.1, 0.15) is 0 Å². The van der Waals surface area contributed by atoms with Gasteiger partial charge in [-0.2, -0.15) is 0 Å². The summed E-state index contributed by atoms with van der Waals surface area (Å²) in [5, 5.41) is 2.65. The Morgan fingerprint density at radius 1 is 1.33 bits per heavy atom. The highest BCUT2D eigenvalue weighted by Crippen LogP contribution is 2.12. The lowest BCUT2D eigenvalue weighted by molar-refractivity contribution is 0.152. The van der Waals surface area contributed by atoms with E-state index in [0.29, 0.717) is 13.2 Å². The maximum atomic E-state index is 10.9. The molecule has 0 unspecified atom stereocenters. The van der Waals surface area contributed by atoms with E-state index in [2.05, 4.69) is 5.32 Å². The molecule has 0 saturated carbocycles. The molecule has 0 fully saturated rings. The Labute approximate surface area is 92.3 Å². The van der Waals surface area contributed by atoms with Crippen LogP contribution in [-0.2, 0) is 13.6 Å². The second kappa shape index (κ2) is 7.67. The first-order valence-electron chi connectivity index (χ1n) is 5.09. The second-order valence-corrected chi connectivity index (χ2v) is 6.88. The largest absolute Gasteiger partial charge is 0.450 e. The van der Waals surface area contributed by atoms with Crippen LogP contribution >= 0.6 is 0 Å². The highest BCUT2D eigenvalue weighted by molar-refractivity contribution is 6.65. The van der Waals surface area contributed by atoms with Gasteiger partial charge in [0, 0.05) is 20.8 Å². The molecule has 0 aromatic carbocycles. The highest BCUT2D eigenvalue weighted by atomic mass is 28.4. The molecule has 0 aromatic rings. The Hall–Kier alpha value is -0.593. The average molecular weight is 235 g/mol. The molecule has 0 radical (unpaired) electrons. The predicted molar refractivity (Wildman–Crippen MR) is 60.1 cm³/mol. The lowest BCUT2D eigenvalue weighted by Crippen LogP contribution is -2.37. The van der Waals surface area contributed by atoms with Crippen LogP contribution in [0, 0.1) is 0 Å². The number of amides is 1. The van der Waals surface area contributed by atoms with Gasteiger partial charge in [-0.05, 0) is 25.9 Å². The number of hydrogen-bond donors (Lipinski definition) is 1. The number of ether oxygens (including phenoxy) is 1. The van der Waals surface area contributed by atoms with Crippen LogP contribution in [-0.4, -0.2) is 42.0 Å². The van der Waals surface area contributed by atoms with E-state index >= 15 is 0 Å². The number of alkyl carbamates (subject to hydrolysis) is 1. The van der Waals surface area contributed by atoms with Gasteiger partial charge in [-0.1, -0.05) is 0 Å². The van der Waals surface area contributed by atoms with Crippen molar-refractivity contribution in [2.24, 2.45) is 0 Å². The lowest BCUT2D eigenvalue weighted by Gasteiger charge is -2.22. The molecule has 0 bridgehead atoms. The number of rotatable bonds is 7. The van der Waals surface area contributed by atoms with E-state index in [9.17, 15) is 4.79 Å². The first-order chi connectivity index (χ1) is 7.08. The molecule has 0 aromatic heterocycles. The zero-order chi connectivity index (χ0) is 11.7. The molecule has 0 aliphatic heterocycles. The minimum atomic E-state index is -1.98. The molecule has 5 nitrogen and oxygen atoms in total. The summed E-state index contributed by atoms with van der Waals surface area (Å²) in [6.07, 6.45) is 0.471. The maximum Gasteiger partial charge on any atom is 0.407 e. The molecule has 90 valence electrons. The van der Waals surface area contributed by atoms with Crippen LogP contribution in [0.15, 0.2) is 0 Å². The van der Waals surface area contributed by atoms with Crippen molar-refractivity contribution in [3.63, 3.8) is 0 Å². The van der Waals surface area contributed by atoms with Crippen LogP contribution in [0.2, 0.25) is 12.6 Å². The van der Waals surface area contributed by atoms with Gasteiger partial charge in [0.2, 0.25) is 0 Å². The van der Waals surface area contributed by atoms with E-state index in [1.807, 2.05) is 6.55 Å². The van der Waals surface area contributed by atoms with Crippen molar-refractivity contribution in [3.05, 3.63) is 0 Å². The van der Waals surface area contributed by atoms with Crippen molar-refractivity contribution in [1.82, 2.24) is 5.32 Å². The van der Waals surface area contributed by atoms with Crippen molar-refractivity contribution in [3.8, 4) is 0 Å². The van der Waals surface area contributed by atoms with Crippen molar-refractivity contribution in [2.45, 2.75) is 25.9 Å². The molecular weight excluding hydrogens is 214 g/mol. The normalized spacial score (nSPS) is 11.2. The van der Waals surface area contributed by atoms with Crippen LogP contribution in [0.1, 0.15) is 13.3 Å². The molecule has 1 amide bonds. The third-order valence-corrected chi connectivity index (χ3v) is 5.21. The molecule has 0 heterocycles. The van der Waals surface area contributed by atoms with E-state index in [4.69, 9.17) is 13.6 Å². The Morgan fingerprint density at radius 2 is 1.93 bits per heavy atom. The molecule has 0 aliphatic carbocycles. The quantitative estimate of drug-likeness (QED) is 0.536. The first-order valence-corrected chi connectivity index (χ1v) is 7.61. The van der Waals surface area contributed by atoms with Crippen molar-refractivity contribution in [1.29, 1.82) is 0 Å². The summed E-state index contributed by atoms with van der Waals surface area (Å²) in [7, 11) is 1.34. The van der Waals surface area contributed by atoms with Crippen molar-refractivity contribution >= 4 is 14.7 Å². The summed E-state index contributed by atoms with van der Waals surface area (Å²) in [5.74, 6) is 0. The molecule has 0 spiro atoms. The maximum absolute atomic E-state index is 10.9. The third kappa shape index (κ3) is 6.48. The van der Waals surface area contributed by atoms with Crippen LogP contribution in [0.25, 0.3) is 0 Å². The number of carbonyl (C=O) groups excluding carboxylic acids is 1. The molecular formula is C9H21NO4Si. The fourth-order valence-electron chi connectivity index (χ4n) is 1.07. The fourth-order valence-corrected chi connectivity index (χ4v) is 2.46. The molecule has 0 saturated heterocycles. The smallest absolute Gasteiger partial charge is 0.407 e. The van der Waals surface area contributed by atoms with E-state index in [1.54, 1.807) is 21.1 Å². The Bertz CT molecular complexity index is 185. The zero-order valence-electron chi connectivity index (χ0n) is 9.96. The fraction of sp³-hybridized carbons (Fsp3) is 0.889. The van der Waals surface area contributed by atoms with Crippen LogP contribution in [0.4, 0.5) is 4.79 Å². The van der Waals surface area contributed by atoms with E-state index in [1.165, 1.54) is 0 Å². The van der Waals surface area contributed by atoms with Crippen LogP contribution in [0.3, 0.4) is 0 Å². The molecule has 1 N–H and O–H groups in total. The molecule has 15 heavy (non-hydrogen) atoms. The Balaban J connectivity index is 3.57. The summed E-state index contributed by atoms with van der Waals surface area (Å²) >= 11 is 0. The predicted octanol–water partition coefficient (Wildman–Crippen LogP) is 1.49. The zero-order valence-corrected chi connectivity index (χ0v) is 11.0. The third-order valence-electron chi connectivity index (χ3n) is 2.22. The standard InChI is InChI=1S/C9H21NO4Si/c1-5-14-9(11)10-7-6-8-15(4,12-2)13-3/h5-8H2,1-4H3,(H,10,11). The van der Waals surface area contributed by atoms with Gasteiger partial charge in [0.15, 0.2) is 0 Å². The number of hydrogen-bond acceptors (Lipinski definition) is 4. The van der Waals surface area contributed by atoms with Gasteiger partial charge in [0.05, 0.1) is 6.61 Å². The number of carbonyl (C=O) groups is 1. The van der Waals surface area contributed by atoms with E-state index in [0.717, 1.165) is 12.5 Å². The van der Waals surface area contributed by atoms with Gasteiger partial charge < -0.3 is 18.9 Å². The summed E-state index contributed by atoms with van der Waals surface area (Å²) in [6.45, 7) is 4.76. The Kier molecular flexibility index (Phi) is 7.36. The summed E-state index contributed by atoms with van der Waals surface area (Å²) in [6, 6.07) is 0.854. The van der Waals surface area contributed by atoms with Crippen LogP contribution in [0.5, 0.6) is 0 Å².